The van der Waals surface area contributed by atoms with Crippen molar-refractivity contribution in [3.8, 4) is 0 Å². The average Bonchev–Trinajstić information content (AvgIpc) is 3.35. The molecule has 1 aromatic heterocycles. The maximum atomic E-state index is 12.9. The molecule has 1 aliphatic rings. The Morgan fingerprint density at radius 1 is 1.15 bits per heavy atom. The van der Waals surface area contributed by atoms with E-state index in [9.17, 15) is 9.59 Å². The van der Waals surface area contributed by atoms with E-state index < -0.39 is 5.91 Å². The fraction of sp³-hybridized carbons (Fsp3) is 0.522. The number of nitrogens with one attached hydrogen (secondary N) is 2. The lowest BCUT2D eigenvalue weighted by atomic mass is 10.1. The van der Waals surface area contributed by atoms with Crippen LogP contribution in [0.3, 0.4) is 0 Å². The van der Waals surface area contributed by atoms with Crippen LogP contribution in [0.25, 0.3) is 0 Å². The Balaban J connectivity index is 1.75. The van der Waals surface area contributed by atoms with Gasteiger partial charge in [0.25, 0.3) is 17.8 Å². The summed E-state index contributed by atoms with van der Waals surface area (Å²) >= 11 is 0. The van der Waals surface area contributed by atoms with Gasteiger partial charge in [0.2, 0.25) is 0 Å². The highest BCUT2D eigenvalue weighted by Crippen LogP contribution is 2.21. The van der Waals surface area contributed by atoms with Crippen molar-refractivity contribution in [3.63, 3.8) is 0 Å². The van der Waals surface area contributed by atoms with Gasteiger partial charge in [-0.25, -0.2) is 0 Å². The minimum absolute atomic E-state index is 0.113. The summed E-state index contributed by atoms with van der Waals surface area (Å²) in [5, 5.41) is 5.62. The van der Waals surface area contributed by atoms with Crippen molar-refractivity contribution < 1.29 is 28.2 Å². The van der Waals surface area contributed by atoms with Crippen molar-refractivity contribution in [2.75, 3.05) is 84.1 Å². The van der Waals surface area contributed by atoms with Gasteiger partial charge in [0.05, 0.1) is 37.7 Å². The van der Waals surface area contributed by atoms with Crippen LogP contribution in [0.4, 0.5) is 11.7 Å². The summed E-state index contributed by atoms with van der Waals surface area (Å²) in [5.41, 5.74) is 1.85. The number of rotatable bonds is 12. The van der Waals surface area contributed by atoms with E-state index in [4.69, 9.17) is 18.6 Å². The van der Waals surface area contributed by atoms with Crippen LogP contribution in [0.15, 0.2) is 28.9 Å². The molecule has 2 N–H and O–H groups in total. The van der Waals surface area contributed by atoms with Crippen molar-refractivity contribution in [2.24, 2.45) is 0 Å². The largest absolute Gasteiger partial charge is 0.431 e. The Labute approximate surface area is 199 Å². The highest BCUT2D eigenvalue weighted by Gasteiger charge is 2.20. The van der Waals surface area contributed by atoms with Gasteiger partial charge in [-0.05, 0) is 17.7 Å². The number of methoxy groups -OCH3 is 2. The number of anilines is 2. The average molecular weight is 476 g/mol. The number of morpholine rings is 1. The van der Waals surface area contributed by atoms with E-state index in [1.54, 1.807) is 38.3 Å². The summed E-state index contributed by atoms with van der Waals surface area (Å²) in [4.78, 5) is 34.0. The lowest BCUT2D eigenvalue weighted by Crippen LogP contribution is -2.35. The fourth-order valence-electron chi connectivity index (χ4n) is 3.42. The van der Waals surface area contributed by atoms with Crippen molar-refractivity contribution >= 4 is 23.5 Å². The SMILES string of the molecule is COCCNC(=O)c1cc(CN2CCOCC2)ccc1NC(=O)c1coc(N(C)CCOC)n1. The number of likely N-dealkylation sites (N-methyl/N-ethyl adjacent to an activating group) is 1. The minimum atomic E-state index is -0.470. The summed E-state index contributed by atoms with van der Waals surface area (Å²) in [6.45, 7) is 5.56. The van der Waals surface area contributed by atoms with E-state index in [0.717, 1.165) is 18.7 Å². The fourth-order valence-corrected chi connectivity index (χ4v) is 3.42. The van der Waals surface area contributed by atoms with Crippen LogP contribution >= 0.6 is 0 Å². The Hall–Kier alpha value is -2.99. The van der Waals surface area contributed by atoms with Gasteiger partial charge in [-0.15, -0.1) is 0 Å². The number of carbonyl (C=O) groups excluding carboxylic acids is 2. The molecule has 11 heteroatoms. The predicted molar refractivity (Wildman–Crippen MR) is 126 cm³/mol. The second-order valence-electron chi connectivity index (χ2n) is 7.90. The number of hydrogen-bond donors (Lipinski definition) is 2. The van der Waals surface area contributed by atoms with Crippen LogP contribution in [0.1, 0.15) is 26.4 Å². The van der Waals surface area contributed by atoms with Gasteiger partial charge < -0.3 is 34.2 Å². The Bertz CT molecular complexity index is 944. The third-order valence-electron chi connectivity index (χ3n) is 5.36. The monoisotopic (exact) mass is 475 g/mol. The van der Waals surface area contributed by atoms with Crippen LogP contribution in [0, 0.1) is 0 Å². The maximum absolute atomic E-state index is 12.9. The third-order valence-corrected chi connectivity index (χ3v) is 5.36. The van der Waals surface area contributed by atoms with E-state index in [0.29, 0.717) is 63.3 Å². The standard InChI is InChI=1S/C23H33N5O6/c1-27(7-11-32-3)23-26-20(16-34-23)22(30)25-19-5-4-17(15-28-8-12-33-13-9-28)14-18(19)21(29)24-6-10-31-2/h4-5,14,16H,6-13,15H2,1-3H3,(H,24,29)(H,25,30). The summed E-state index contributed by atoms with van der Waals surface area (Å²) in [6, 6.07) is 5.76. The molecule has 0 aliphatic carbocycles. The normalized spacial score (nSPS) is 14.1. The zero-order chi connectivity index (χ0) is 24.3. The van der Waals surface area contributed by atoms with Crippen molar-refractivity contribution in [2.45, 2.75) is 6.54 Å². The van der Waals surface area contributed by atoms with Gasteiger partial charge in [-0.1, -0.05) is 6.07 Å². The molecule has 0 bridgehead atoms. The maximum Gasteiger partial charge on any atom is 0.297 e. The first-order valence-corrected chi connectivity index (χ1v) is 11.2. The summed E-state index contributed by atoms with van der Waals surface area (Å²) in [6.07, 6.45) is 1.29. The molecule has 1 aromatic carbocycles. The molecule has 2 aromatic rings. The van der Waals surface area contributed by atoms with Gasteiger partial charge >= 0.3 is 0 Å². The second-order valence-corrected chi connectivity index (χ2v) is 7.90. The van der Waals surface area contributed by atoms with E-state index in [-0.39, 0.29) is 11.6 Å². The molecular formula is C23H33N5O6. The summed E-state index contributed by atoms with van der Waals surface area (Å²) < 4.78 is 20.9. The first-order chi connectivity index (χ1) is 16.5. The molecule has 1 aliphatic heterocycles. The van der Waals surface area contributed by atoms with Gasteiger partial charge in [0.1, 0.15) is 6.26 Å². The van der Waals surface area contributed by atoms with Crippen LogP contribution < -0.4 is 15.5 Å². The number of nitrogens with zero attached hydrogens (tertiary/aromatic N) is 3. The van der Waals surface area contributed by atoms with Crippen molar-refractivity contribution in [1.82, 2.24) is 15.2 Å². The lowest BCUT2D eigenvalue weighted by molar-refractivity contribution is 0.0342. The molecule has 34 heavy (non-hydrogen) atoms. The zero-order valence-electron chi connectivity index (χ0n) is 20.0. The molecule has 1 saturated heterocycles. The molecule has 0 spiro atoms. The summed E-state index contributed by atoms with van der Waals surface area (Å²) in [7, 11) is 4.97. The first kappa shape index (κ1) is 25.6. The van der Waals surface area contributed by atoms with Crippen LogP contribution in [0.5, 0.6) is 0 Å². The molecule has 2 heterocycles. The van der Waals surface area contributed by atoms with E-state index in [1.807, 2.05) is 6.07 Å². The van der Waals surface area contributed by atoms with Crippen molar-refractivity contribution in [3.05, 3.63) is 41.3 Å². The van der Waals surface area contributed by atoms with E-state index >= 15 is 0 Å². The number of aromatic nitrogens is 1. The van der Waals surface area contributed by atoms with Gasteiger partial charge in [-0.3, -0.25) is 14.5 Å². The number of amides is 2. The molecule has 186 valence electrons. The van der Waals surface area contributed by atoms with Gasteiger partial charge in [-0.2, -0.15) is 4.98 Å². The molecule has 0 saturated carbocycles. The lowest BCUT2D eigenvalue weighted by Gasteiger charge is -2.26. The van der Waals surface area contributed by atoms with Crippen LogP contribution in [-0.4, -0.2) is 95.6 Å². The van der Waals surface area contributed by atoms with Crippen molar-refractivity contribution in [1.29, 1.82) is 0 Å². The number of hydrogen-bond acceptors (Lipinski definition) is 9. The molecule has 3 rings (SSSR count). The van der Waals surface area contributed by atoms with Crippen LogP contribution in [0.2, 0.25) is 0 Å². The summed E-state index contributed by atoms with van der Waals surface area (Å²) in [5.74, 6) is -0.765. The Kier molecular flexibility index (Phi) is 9.83. The molecule has 1 fully saturated rings. The highest BCUT2D eigenvalue weighted by atomic mass is 16.5. The van der Waals surface area contributed by atoms with Gasteiger partial charge in [0, 0.05) is 54.0 Å². The molecule has 0 unspecified atom stereocenters. The topological polar surface area (TPSA) is 118 Å². The molecule has 11 nitrogen and oxygen atoms in total. The molecule has 0 atom stereocenters. The molecule has 0 radical (unpaired) electrons. The minimum Gasteiger partial charge on any atom is -0.431 e. The number of benzene rings is 1. The Morgan fingerprint density at radius 3 is 2.65 bits per heavy atom. The third kappa shape index (κ3) is 7.26. The zero-order valence-corrected chi connectivity index (χ0v) is 20.0. The van der Waals surface area contributed by atoms with E-state index in [1.165, 1.54) is 6.26 Å². The predicted octanol–water partition coefficient (Wildman–Crippen LogP) is 1.22. The highest BCUT2D eigenvalue weighted by molar-refractivity contribution is 6.08. The van der Waals surface area contributed by atoms with Crippen LogP contribution in [-0.2, 0) is 20.8 Å². The number of oxazole rings is 1. The quantitative estimate of drug-likeness (QED) is 0.437. The van der Waals surface area contributed by atoms with E-state index in [2.05, 4.69) is 20.5 Å². The second kappa shape index (κ2) is 13.0. The number of ether oxygens (including phenoxy) is 3. The van der Waals surface area contributed by atoms with Gasteiger partial charge in [0.15, 0.2) is 5.69 Å². The Morgan fingerprint density at radius 2 is 1.91 bits per heavy atom. The smallest absolute Gasteiger partial charge is 0.297 e. The number of carbonyl (C=O) groups is 2. The molecular weight excluding hydrogens is 442 g/mol. The molecule has 2 amide bonds. The first-order valence-electron chi connectivity index (χ1n) is 11.2.